The summed E-state index contributed by atoms with van der Waals surface area (Å²) in [5, 5.41) is 20.4. The number of phenolic OH excluding ortho intramolecular Hbond substituents is 2. The van der Waals surface area contributed by atoms with Crippen LogP contribution in [0.3, 0.4) is 0 Å². The fraction of sp³-hybridized carbons (Fsp3) is 0.0476. The second-order valence-corrected chi connectivity index (χ2v) is 6.07. The first-order valence-corrected chi connectivity index (χ1v) is 8.17. The van der Waals surface area contributed by atoms with Gasteiger partial charge in [0.2, 0.25) is 0 Å². The number of aromatic nitrogens is 2. The van der Waals surface area contributed by atoms with Gasteiger partial charge < -0.3 is 14.8 Å². The first kappa shape index (κ1) is 15.9. The summed E-state index contributed by atoms with van der Waals surface area (Å²) in [4.78, 5) is 16.8. The molecule has 2 aromatic carbocycles. The SMILES string of the molecule is O=c1cc(-c2ccccc2)n(Cc2cccnc2)c2cc(O)cc(O)c12. The highest BCUT2D eigenvalue weighted by molar-refractivity contribution is 5.89. The van der Waals surface area contributed by atoms with Crippen molar-refractivity contribution < 1.29 is 10.2 Å². The topological polar surface area (TPSA) is 75.4 Å². The number of benzene rings is 2. The van der Waals surface area contributed by atoms with Gasteiger partial charge in [-0.05, 0) is 17.2 Å². The Kier molecular flexibility index (Phi) is 3.89. The molecule has 5 nitrogen and oxygen atoms in total. The van der Waals surface area contributed by atoms with E-state index in [1.165, 1.54) is 18.2 Å². The molecule has 0 aliphatic heterocycles. The summed E-state index contributed by atoms with van der Waals surface area (Å²) in [6.45, 7) is 0.442. The lowest BCUT2D eigenvalue weighted by molar-refractivity contribution is 0.454. The Bertz CT molecular complexity index is 1140. The van der Waals surface area contributed by atoms with Crippen molar-refractivity contribution in [2.24, 2.45) is 0 Å². The molecule has 0 atom stereocenters. The van der Waals surface area contributed by atoms with Gasteiger partial charge in [0.25, 0.3) is 0 Å². The molecule has 0 bridgehead atoms. The standard InChI is InChI=1S/C21H16N2O3/c24-16-9-18-21(19(25)10-16)20(26)11-17(15-6-2-1-3-7-15)23(18)13-14-5-4-8-22-12-14/h1-12,24-25H,13H2. The predicted octanol–water partition coefficient (Wildman–Crippen LogP) is 3.52. The fourth-order valence-corrected chi connectivity index (χ4v) is 3.16. The molecule has 0 saturated heterocycles. The van der Waals surface area contributed by atoms with Gasteiger partial charge in [-0.15, -0.1) is 0 Å². The molecule has 0 radical (unpaired) electrons. The van der Waals surface area contributed by atoms with Gasteiger partial charge in [-0.2, -0.15) is 0 Å². The van der Waals surface area contributed by atoms with Crippen LogP contribution in [-0.4, -0.2) is 19.8 Å². The van der Waals surface area contributed by atoms with Gasteiger partial charge in [0.1, 0.15) is 11.5 Å². The van der Waals surface area contributed by atoms with Gasteiger partial charge >= 0.3 is 0 Å². The molecule has 4 aromatic rings. The van der Waals surface area contributed by atoms with Crippen LogP contribution in [0.5, 0.6) is 11.5 Å². The van der Waals surface area contributed by atoms with Crippen LogP contribution in [0.1, 0.15) is 5.56 Å². The number of phenols is 2. The van der Waals surface area contributed by atoms with Gasteiger partial charge in [0, 0.05) is 37.1 Å². The summed E-state index contributed by atoms with van der Waals surface area (Å²) < 4.78 is 1.91. The van der Waals surface area contributed by atoms with E-state index in [2.05, 4.69) is 4.98 Å². The molecule has 2 heterocycles. The normalized spacial score (nSPS) is 10.9. The molecule has 0 spiro atoms. The molecule has 0 aliphatic rings. The molecule has 2 N–H and O–H groups in total. The Morgan fingerprint density at radius 1 is 0.962 bits per heavy atom. The van der Waals surface area contributed by atoms with E-state index in [0.717, 1.165) is 11.1 Å². The van der Waals surface area contributed by atoms with Crippen LogP contribution in [-0.2, 0) is 6.54 Å². The largest absolute Gasteiger partial charge is 0.508 e. The van der Waals surface area contributed by atoms with Crippen molar-refractivity contribution in [3.8, 4) is 22.8 Å². The third kappa shape index (κ3) is 2.80. The zero-order valence-corrected chi connectivity index (χ0v) is 13.8. The van der Waals surface area contributed by atoms with Crippen molar-refractivity contribution in [1.29, 1.82) is 0 Å². The van der Waals surface area contributed by atoms with Crippen molar-refractivity contribution in [3.63, 3.8) is 0 Å². The first-order valence-electron chi connectivity index (χ1n) is 8.17. The highest BCUT2D eigenvalue weighted by atomic mass is 16.3. The molecule has 0 aliphatic carbocycles. The number of hydrogen-bond donors (Lipinski definition) is 2. The lowest BCUT2D eigenvalue weighted by Crippen LogP contribution is -2.13. The summed E-state index contributed by atoms with van der Waals surface area (Å²) in [6, 6.07) is 17.5. The van der Waals surface area contributed by atoms with Gasteiger partial charge in [-0.25, -0.2) is 0 Å². The zero-order valence-electron chi connectivity index (χ0n) is 13.8. The number of fused-ring (bicyclic) bond motifs is 1. The zero-order chi connectivity index (χ0) is 18.1. The number of hydrogen-bond acceptors (Lipinski definition) is 4. The second-order valence-electron chi connectivity index (χ2n) is 6.07. The molecule has 0 saturated carbocycles. The molecule has 128 valence electrons. The molecule has 4 rings (SSSR count). The highest BCUT2D eigenvalue weighted by Crippen LogP contribution is 2.31. The third-order valence-corrected chi connectivity index (χ3v) is 4.31. The molecule has 26 heavy (non-hydrogen) atoms. The minimum Gasteiger partial charge on any atom is -0.508 e. The molecular formula is C21H16N2O3. The summed E-state index contributed by atoms with van der Waals surface area (Å²) >= 11 is 0. The minimum atomic E-state index is -0.293. The van der Waals surface area contributed by atoms with Gasteiger partial charge in [0.15, 0.2) is 5.43 Å². The average molecular weight is 344 g/mol. The predicted molar refractivity (Wildman–Crippen MR) is 100 cm³/mol. The number of aromatic hydroxyl groups is 2. The van der Waals surface area contributed by atoms with E-state index in [1.807, 2.05) is 47.0 Å². The van der Waals surface area contributed by atoms with Crippen LogP contribution in [0.2, 0.25) is 0 Å². The van der Waals surface area contributed by atoms with Crippen LogP contribution in [0, 0.1) is 0 Å². The summed E-state index contributed by atoms with van der Waals surface area (Å²) in [5.41, 5.74) is 2.70. The Labute approximate surface area is 149 Å². The van der Waals surface area contributed by atoms with Gasteiger partial charge in [0.05, 0.1) is 16.6 Å². The van der Waals surface area contributed by atoms with E-state index in [9.17, 15) is 15.0 Å². The minimum absolute atomic E-state index is 0.0976. The Balaban J connectivity index is 2.07. The van der Waals surface area contributed by atoms with Crippen molar-refractivity contribution in [2.45, 2.75) is 6.54 Å². The van der Waals surface area contributed by atoms with E-state index in [4.69, 9.17) is 0 Å². The van der Waals surface area contributed by atoms with E-state index < -0.39 is 0 Å². The van der Waals surface area contributed by atoms with Gasteiger partial charge in [-0.3, -0.25) is 9.78 Å². The number of pyridine rings is 2. The van der Waals surface area contributed by atoms with E-state index >= 15 is 0 Å². The fourth-order valence-electron chi connectivity index (χ4n) is 3.16. The molecule has 0 unspecified atom stereocenters. The second kappa shape index (κ2) is 6.37. The van der Waals surface area contributed by atoms with E-state index in [1.54, 1.807) is 12.4 Å². The average Bonchev–Trinajstić information content (AvgIpc) is 2.65. The number of rotatable bonds is 3. The maximum absolute atomic E-state index is 12.6. The Morgan fingerprint density at radius 3 is 2.50 bits per heavy atom. The van der Waals surface area contributed by atoms with Crippen LogP contribution >= 0.6 is 0 Å². The maximum atomic E-state index is 12.6. The molecule has 0 amide bonds. The Hall–Kier alpha value is -3.60. The highest BCUT2D eigenvalue weighted by Gasteiger charge is 2.15. The van der Waals surface area contributed by atoms with Crippen molar-refractivity contribution >= 4 is 10.9 Å². The smallest absolute Gasteiger partial charge is 0.193 e. The van der Waals surface area contributed by atoms with E-state index in [0.29, 0.717) is 17.8 Å². The van der Waals surface area contributed by atoms with Crippen LogP contribution in [0.15, 0.2) is 77.9 Å². The maximum Gasteiger partial charge on any atom is 0.193 e. The van der Waals surface area contributed by atoms with Crippen molar-refractivity contribution in [3.05, 3.63) is 88.8 Å². The molecular weight excluding hydrogens is 328 g/mol. The molecule has 5 heteroatoms. The van der Waals surface area contributed by atoms with Crippen molar-refractivity contribution in [2.75, 3.05) is 0 Å². The van der Waals surface area contributed by atoms with Crippen LogP contribution in [0.25, 0.3) is 22.2 Å². The van der Waals surface area contributed by atoms with Crippen LogP contribution in [0.4, 0.5) is 0 Å². The number of nitrogens with zero attached hydrogens (tertiary/aromatic N) is 2. The first-order chi connectivity index (χ1) is 12.6. The quantitative estimate of drug-likeness (QED) is 0.596. The Morgan fingerprint density at radius 2 is 1.77 bits per heavy atom. The molecule has 0 fully saturated rings. The monoisotopic (exact) mass is 344 g/mol. The van der Waals surface area contributed by atoms with Gasteiger partial charge in [-0.1, -0.05) is 36.4 Å². The van der Waals surface area contributed by atoms with E-state index in [-0.39, 0.29) is 22.3 Å². The molecule has 2 aromatic heterocycles. The lowest BCUT2D eigenvalue weighted by atomic mass is 10.1. The summed E-state index contributed by atoms with van der Waals surface area (Å²) in [7, 11) is 0. The van der Waals surface area contributed by atoms with Crippen molar-refractivity contribution in [1.82, 2.24) is 9.55 Å². The third-order valence-electron chi connectivity index (χ3n) is 4.31. The lowest BCUT2D eigenvalue weighted by Gasteiger charge is -2.18. The van der Waals surface area contributed by atoms with Crippen LogP contribution < -0.4 is 5.43 Å². The summed E-state index contributed by atoms with van der Waals surface area (Å²) in [6.07, 6.45) is 3.45. The summed E-state index contributed by atoms with van der Waals surface area (Å²) in [5.74, 6) is -0.330.